The number of piperidine rings is 1. The van der Waals surface area contributed by atoms with Crippen molar-refractivity contribution in [2.75, 3.05) is 39.5 Å². The zero-order valence-electron chi connectivity index (χ0n) is 24.2. The minimum Gasteiger partial charge on any atom is -0.347 e. The number of carbonyl (C=O) groups is 3. The molecule has 2 bridgehead atoms. The van der Waals surface area contributed by atoms with E-state index in [1.54, 1.807) is 44.2 Å². The third kappa shape index (κ3) is 5.18. The molecule has 3 fully saturated rings. The van der Waals surface area contributed by atoms with E-state index in [0.717, 1.165) is 35.4 Å². The van der Waals surface area contributed by atoms with Gasteiger partial charge in [0.2, 0.25) is 0 Å². The van der Waals surface area contributed by atoms with E-state index in [2.05, 4.69) is 32.7 Å². The summed E-state index contributed by atoms with van der Waals surface area (Å²) in [5.74, 6) is -0.402. The number of amides is 4. The molecule has 2 N–H and O–H groups in total. The lowest BCUT2D eigenvalue weighted by Crippen LogP contribution is -2.68. The number of piperazine rings is 1. The fourth-order valence-electron chi connectivity index (χ4n) is 5.68. The number of anilines is 1. The second kappa shape index (κ2) is 10.9. The second-order valence-electron chi connectivity index (χ2n) is 11.3. The Balaban J connectivity index is 1.10. The highest BCUT2D eigenvalue weighted by Gasteiger charge is 2.43. The smallest absolute Gasteiger partial charge is 0.321 e. The summed E-state index contributed by atoms with van der Waals surface area (Å²) in [6, 6.07) is 17.6. The number of likely N-dealkylation sites (N-methyl/N-ethyl adjacent to an activating group) is 1. The lowest BCUT2D eigenvalue weighted by molar-refractivity contribution is -0.0324. The quantitative estimate of drug-likeness (QED) is 0.371. The summed E-state index contributed by atoms with van der Waals surface area (Å²) in [4.78, 5) is 48.3. The molecule has 11 heteroatoms. The summed E-state index contributed by atoms with van der Waals surface area (Å²) < 4.78 is 1.68. The molecule has 2 aromatic heterocycles. The van der Waals surface area contributed by atoms with E-state index < -0.39 is 0 Å². The summed E-state index contributed by atoms with van der Waals surface area (Å²) in [5, 5.41) is 11.1. The molecule has 4 amide bonds. The number of pyridine rings is 1. The molecule has 3 saturated heterocycles. The van der Waals surface area contributed by atoms with Crippen LogP contribution in [0.4, 0.5) is 10.5 Å². The maximum Gasteiger partial charge on any atom is 0.321 e. The molecule has 5 heterocycles. The zero-order chi connectivity index (χ0) is 29.5. The summed E-state index contributed by atoms with van der Waals surface area (Å²) in [5.41, 5.74) is 4.79. The van der Waals surface area contributed by atoms with E-state index in [9.17, 15) is 14.4 Å². The van der Waals surface area contributed by atoms with Crippen molar-refractivity contribution in [1.82, 2.24) is 34.8 Å². The Bertz CT molecular complexity index is 1650. The van der Waals surface area contributed by atoms with Gasteiger partial charge in [0.1, 0.15) is 0 Å². The minimum atomic E-state index is -0.288. The van der Waals surface area contributed by atoms with Gasteiger partial charge in [0, 0.05) is 75.7 Å². The van der Waals surface area contributed by atoms with Gasteiger partial charge in [-0.1, -0.05) is 18.2 Å². The van der Waals surface area contributed by atoms with Crippen molar-refractivity contribution in [3.8, 4) is 11.3 Å². The van der Waals surface area contributed by atoms with Gasteiger partial charge in [0.25, 0.3) is 11.8 Å². The van der Waals surface area contributed by atoms with Gasteiger partial charge >= 0.3 is 6.03 Å². The standard InChI is InChI=1S/C31H34N8O3/c1-36(2)30(41)21-7-11-26(32-16-21)20-8-12-27-25(13-20)28(35-38(27)4)29(40)33-15-19-5-9-22(10-6-19)34-31(42)39-17-23-14-24(18-39)37(23)3/h5-13,16,23-24H,14-15,17-18H2,1-4H3,(H,33,40)(H,34,42). The fourth-order valence-corrected chi connectivity index (χ4v) is 5.68. The predicted octanol–water partition coefficient (Wildman–Crippen LogP) is 3.19. The largest absolute Gasteiger partial charge is 0.347 e. The Morgan fingerprint density at radius 1 is 0.976 bits per heavy atom. The van der Waals surface area contributed by atoms with Crippen LogP contribution in [0.1, 0.15) is 32.8 Å². The molecule has 216 valence electrons. The number of aromatic nitrogens is 3. The molecule has 42 heavy (non-hydrogen) atoms. The number of aryl methyl sites for hydroxylation is 1. The summed E-state index contributed by atoms with van der Waals surface area (Å²) in [6.07, 6.45) is 2.73. The normalized spacial score (nSPS) is 18.0. The van der Waals surface area contributed by atoms with E-state index >= 15 is 0 Å². The summed E-state index contributed by atoms with van der Waals surface area (Å²) >= 11 is 0. The van der Waals surface area contributed by atoms with Crippen molar-refractivity contribution in [3.05, 3.63) is 77.6 Å². The van der Waals surface area contributed by atoms with E-state index in [1.807, 2.05) is 47.4 Å². The lowest BCUT2D eigenvalue weighted by Gasteiger charge is -2.54. The number of rotatable bonds is 6. The van der Waals surface area contributed by atoms with Gasteiger partial charge in [0.15, 0.2) is 5.69 Å². The molecule has 11 nitrogen and oxygen atoms in total. The van der Waals surface area contributed by atoms with Crippen LogP contribution in [0.25, 0.3) is 22.2 Å². The first-order valence-corrected chi connectivity index (χ1v) is 14.0. The number of hydrogen-bond donors (Lipinski definition) is 2. The molecule has 2 atom stereocenters. The van der Waals surface area contributed by atoms with Crippen molar-refractivity contribution >= 4 is 34.4 Å². The first kappa shape index (κ1) is 27.4. The molecule has 0 aliphatic carbocycles. The van der Waals surface area contributed by atoms with Gasteiger partial charge in [0.05, 0.1) is 16.8 Å². The monoisotopic (exact) mass is 566 g/mol. The minimum absolute atomic E-state index is 0.0755. The van der Waals surface area contributed by atoms with Gasteiger partial charge in [-0.15, -0.1) is 0 Å². The third-order valence-electron chi connectivity index (χ3n) is 8.28. The van der Waals surface area contributed by atoms with E-state index in [0.29, 0.717) is 41.0 Å². The average Bonchev–Trinajstić information content (AvgIpc) is 3.35. The van der Waals surface area contributed by atoms with Crippen molar-refractivity contribution in [2.45, 2.75) is 25.0 Å². The van der Waals surface area contributed by atoms with Crippen LogP contribution in [0.5, 0.6) is 0 Å². The number of benzene rings is 2. The molecule has 4 aromatic rings. The number of urea groups is 1. The van der Waals surface area contributed by atoms with Crippen LogP contribution in [0.2, 0.25) is 0 Å². The molecular weight excluding hydrogens is 532 g/mol. The fraction of sp³-hybridized carbons (Fsp3) is 0.323. The Labute approximate surface area is 244 Å². The van der Waals surface area contributed by atoms with Crippen molar-refractivity contribution in [2.24, 2.45) is 7.05 Å². The Morgan fingerprint density at radius 3 is 2.36 bits per heavy atom. The zero-order valence-corrected chi connectivity index (χ0v) is 24.2. The molecular formula is C31H34N8O3. The number of hydrogen-bond acceptors (Lipinski definition) is 6. The molecule has 3 aliphatic heterocycles. The summed E-state index contributed by atoms with van der Waals surface area (Å²) in [7, 11) is 7.32. The lowest BCUT2D eigenvalue weighted by atomic mass is 9.89. The van der Waals surface area contributed by atoms with E-state index in [1.165, 1.54) is 11.3 Å². The number of carbonyl (C=O) groups excluding carboxylic acids is 3. The molecule has 0 spiro atoms. The van der Waals surface area contributed by atoms with Crippen LogP contribution in [0.3, 0.4) is 0 Å². The SMILES string of the molecule is CN(C)C(=O)c1ccc(-c2ccc3c(c2)c(C(=O)NCc2ccc(NC(=O)N4CC5CC(C4)N5C)cc2)nn3C)nc1. The van der Waals surface area contributed by atoms with Crippen LogP contribution in [0.15, 0.2) is 60.8 Å². The number of nitrogens with zero attached hydrogens (tertiary/aromatic N) is 6. The molecule has 0 saturated carbocycles. The van der Waals surface area contributed by atoms with Gasteiger partial charge in [-0.3, -0.25) is 24.2 Å². The Hall–Kier alpha value is -4.77. The number of nitrogens with one attached hydrogen (secondary N) is 2. The van der Waals surface area contributed by atoms with Gasteiger partial charge in [-0.05, 0) is 55.4 Å². The van der Waals surface area contributed by atoms with Gasteiger partial charge in [-0.25, -0.2) is 4.79 Å². The van der Waals surface area contributed by atoms with Crippen LogP contribution in [0, 0.1) is 0 Å². The van der Waals surface area contributed by atoms with Gasteiger partial charge < -0.3 is 20.4 Å². The molecule has 2 aromatic carbocycles. The van der Waals surface area contributed by atoms with Crippen LogP contribution >= 0.6 is 0 Å². The van der Waals surface area contributed by atoms with E-state index in [4.69, 9.17) is 0 Å². The number of fused-ring (bicyclic) bond motifs is 3. The topological polar surface area (TPSA) is 116 Å². The van der Waals surface area contributed by atoms with Crippen LogP contribution < -0.4 is 10.6 Å². The molecule has 3 aliphatic rings. The van der Waals surface area contributed by atoms with Gasteiger partial charge in [-0.2, -0.15) is 5.10 Å². The highest BCUT2D eigenvalue weighted by molar-refractivity contribution is 6.05. The van der Waals surface area contributed by atoms with Crippen molar-refractivity contribution in [1.29, 1.82) is 0 Å². The highest BCUT2D eigenvalue weighted by Crippen LogP contribution is 2.30. The highest BCUT2D eigenvalue weighted by atomic mass is 16.2. The van der Waals surface area contributed by atoms with Crippen molar-refractivity contribution < 1.29 is 14.4 Å². The summed E-state index contributed by atoms with van der Waals surface area (Å²) in [6.45, 7) is 1.83. The van der Waals surface area contributed by atoms with Crippen LogP contribution in [-0.4, -0.2) is 93.6 Å². The van der Waals surface area contributed by atoms with Crippen molar-refractivity contribution in [3.63, 3.8) is 0 Å². The Kier molecular flexibility index (Phi) is 7.11. The average molecular weight is 567 g/mol. The van der Waals surface area contributed by atoms with Crippen LogP contribution in [-0.2, 0) is 13.6 Å². The molecule has 7 rings (SSSR count). The first-order valence-electron chi connectivity index (χ1n) is 14.0. The first-order chi connectivity index (χ1) is 20.2. The maximum absolute atomic E-state index is 13.2. The Morgan fingerprint density at radius 2 is 1.71 bits per heavy atom. The molecule has 2 unspecified atom stereocenters. The second-order valence-corrected chi connectivity index (χ2v) is 11.3. The predicted molar refractivity (Wildman–Crippen MR) is 160 cm³/mol. The third-order valence-corrected chi connectivity index (χ3v) is 8.28. The molecule has 0 radical (unpaired) electrons. The van der Waals surface area contributed by atoms with E-state index in [-0.39, 0.29) is 17.8 Å². The maximum atomic E-state index is 13.2.